The summed E-state index contributed by atoms with van der Waals surface area (Å²) in [5, 5.41) is 0.744. The number of hydrogen-bond acceptors (Lipinski definition) is 2. The van der Waals surface area contributed by atoms with Crippen LogP contribution in [0, 0.1) is 5.92 Å². The van der Waals surface area contributed by atoms with Gasteiger partial charge in [0.05, 0.1) is 6.04 Å². The van der Waals surface area contributed by atoms with Crippen molar-refractivity contribution in [3.63, 3.8) is 0 Å². The Bertz CT molecular complexity index is 548. The summed E-state index contributed by atoms with van der Waals surface area (Å²) in [6.07, 6.45) is 6.14. The third kappa shape index (κ3) is 4.20. The molecule has 2 saturated carbocycles. The van der Waals surface area contributed by atoms with Crippen LogP contribution in [0.2, 0.25) is 5.02 Å². The van der Waals surface area contributed by atoms with E-state index in [4.69, 9.17) is 17.3 Å². The number of rotatable bonds is 4. The van der Waals surface area contributed by atoms with Gasteiger partial charge in [0, 0.05) is 23.0 Å². The summed E-state index contributed by atoms with van der Waals surface area (Å²) in [4.78, 5) is 15.2. The molecule has 128 valence electrons. The minimum absolute atomic E-state index is 0. The van der Waals surface area contributed by atoms with Gasteiger partial charge in [-0.05, 0) is 50.7 Å². The molecular weight excluding hydrogens is 331 g/mol. The lowest BCUT2D eigenvalue weighted by Gasteiger charge is -2.35. The van der Waals surface area contributed by atoms with E-state index >= 15 is 0 Å². The van der Waals surface area contributed by atoms with Crippen LogP contribution in [0.5, 0.6) is 0 Å². The standard InChI is InChI=1S/C18H25ClN2O.ClH/c1-12(16-7-2-3-8-17(16)19)21(15-9-10-15)18(22)13-5-4-6-14(20)11-13;/h2-3,7-8,12-15H,4-6,9-11,20H2,1H3;1H. The van der Waals surface area contributed by atoms with Crippen LogP contribution in [0.4, 0.5) is 0 Å². The fraction of sp³-hybridized carbons (Fsp3) is 0.611. The molecule has 1 amide bonds. The molecule has 0 aliphatic heterocycles. The predicted molar refractivity (Wildman–Crippen MR) is 96.9 cm³/mol. The van der Waals surface area contributed by atoms with Gasteiger partial charge < -0.3 is 10.6 Å². The van der Waals surface area contributed by atoms with Gasteiger partial charge in [-0.1, -0.05) is 36.2 Å². The summed E-state index contributed by atoms with van der Waals surface area (Å²) in [7, 11) is 0. The molecule has 1 aromatic rings. The lowest BCUT2D eigenvalue weighted by Crippen LogP contribution is -2.43. The van der Waals surface area contributed by atoms with Crippen LogP contribution in [-0.4, -0.2) is 22.9 Å². The highest BCUT2D eigenvalue weighted by atomic mass is 35.5. The number of nitrogens with two attached hydrogens (primary N) is 1. The summed E-state index contributed by atoms with van der Waals surface area (Å²) in [6, 6.07) is 8.45. The number of nitrogens with zero attached hydrogens (tertiary/aromatic N) is 1. The smallest absolute Gasteiger partial charge is 0.226 e. The van der Waals surface area contributed by atoms with Crippen molar-refractivity contribution in [1.29, 1.82) is 0 Å². The lowest BCUT2D eigenvalue weighted by atomic mass is 9.85. The van der Waals surface area contributed by atoms with Gasteiger partial charge >= 0.3 is 0 Å². The Morgan fingerprint density at radius 2 is 1.96 bits per heavy atom. The van der Waals surface area contributed by atoms with Crippen LogP contribution in [0.25, 0.3) is 0 Å². The minimum atomic E-state index is 0. The average molecular weight is 357 g/mol. The van der Waals surface area contributed by atoms with E-state index in [2.05, 4.69) is 11.8 Å². The molecule has 5 heteroatoms. The van der Waals surface area contributed by atoms with Gasteiger partial charge in [0.25, 0.3) is 0 Å². The second-order valence-corrected chi connectivity index (χ2v) is 7.20. The maximum atomic E-state index is 13.1. The zero-order chi connectivity index (χ0) is 15.7. The molecule has 2 fully saturated rings. The Balaban J connectivity index is 0.00000192. The summed E-state index contributed by atoms with van der Waals surface area (Å²) in [5.74, 6) is 0.374. The molecule has 0 radical (unpaired) electrons. The second kappa shape index (κ2) is 7.87. The molecule has 0 aromatic heterocycles. The highest BCUT2D eigenvalue weighted by Crippen LogP contribution is 2.39. The molecule has 0 spiro atoms. The molecule has 3 atom stereocenters. The van der Waals surface area contributed by atoms with Crippen molar-refractivity contribution in [3.8, 4) is 0 Å². The van der Waals surface area contributed by atoms with Crippen molar-refractivity contribution in [2.75, 3.05) is 0 Å². The van der Waals surface area contributed by atoms with Crippen molar-refractivity contribution >= 4 is 29.9 Å². The molecule has 3 rings (SSSR count). The molecule has 3 unspecified atom stereocenters. The molecule has 1 aromatic carbocycles. The fourth-order valence-electron chi connectivity index (χ4n) is 3.67. The molecule has 2 aliphatic rings. The first-order valence-corrected chi connectivity index (χ1v) is 8.78. The number of carbonyl (C=O) groups excluding carboxylic acids is 1. The minimum Gasteiger partial charge on any atom is -0.333 e. The van der Waals surface area contributed by atoms with Gasteiger partial charge in [-0.2, -0.15) is 0 Å². The van der Waals surface area contributed by atoms with Gasteiger partial charge in [0.1, 0.15) is 0 Å². The van der Waals surface area contributed by atoms with Crippen LogP contribution in [0.15, 0.2) is 24.3 Å². The van der Waals surface area contributed by atoms with Crippen LogP contribution < -0.4 is 5.73 Å². The average Bonchev–Trinajstić information content (AvgIpc) is 3.32. The molecular formula is C18H26Cl2N2O. The van der Waals surface area contributed by atoms with E-state index in [1.807, 2.05) is 24.3 Å². The van der Waals surface area contributed by atoms with E-state index < -0.39 is 0 Å². The molecule has 3 nitrogen and oxygen atoms in total. The van der Waals surface area contributed by atoms with E-state index in [0.717, 1.165) is 49.1 Å². The van der Waals surface area contributed by atoms with Crippen LogP contribution in [0.1, 0.15) is 57.1 Å². The Kier molecular flexibility index (Phi) is 6.35. The molecule has 0 bridgehead atoms. The number of carbonyl (C=O) groups is 1. The maximum Gasteiger partial charge on any atom is 0.226 e. The normalized spacial score (nSPS) is 25.3. The largest absolute Gasteiger partial charge is 0.333 e. The zero-order valence-corrected chi connectivity index (χ0v) is 15.2. The number of hydrogen-bond donors (Lipinski definition) is 1. The quantitative estimate of drug-likeness (QED) is 0.872. The summed E-state index contributed by atoms with van der Waals surface area (Å²) in [5.41, 5.74) is 7.12. The first-order chi connectivity index (χ1) is 10.6. The third-order valence-electron chi connectivity index (χ3n) is 5.03. The Labute approximate surface area is 150 Å². The van der Waals surface area contributed by atoms with Gasteiger partial charge in [-0.15, -0.1) is 12.4 Å². The first kappa shape index (κ1) is 18.6. The van der Waals surface area contributed by atoms with E-state index in [1.54, 1.807) is 0 Å². The molecule has 23 heavy (non-hydrogen) atoms. The predicted octanol–water partition coefficient (Wildman–Crippen LogP) is 4.33. The van der Waals surface area contributed by atoms with E-state index in [0.29, 0.717) is 6.04 Å². The zero-order valence-electron chi connectivity index (χ0n) is 13.6. The van der Waals surface area contributed by atoms with Crippen LogP contribution in [0.3, 0.4) is 0 Å². The summed E-state index contributed by atoms with van der Waals surface area (Å²) < 4.78 is 0. The topological polar surface area (TPSA) is 46.3 Å². The van der Waals surface area contributed by atoms with Crippen molar-refractivity contribution in [3.05, 3.63) is 34.9 Å². The lowest BCUT2D eigenvalue weighted by molar-refractivity contribution is -0.139. The first-order valence-electron chi connectivity index (χ1n) is 8.40. The van der Waals surface area contributed by atoms with Crippen molar-refractivity contribution in [2.24, 2.45) is 11.7 Å². The van der Waals surface area contributed by atoms with E-state index in [9.17, 15) is 4.79 Å². The van der Waals surface area contributed by atoms with E-state index in [-0.39, 0.29) is 36.3 Å². The summed E-state index contributed by atoms with van der Waals surface area (Å²) >= 11 is 6.34. The fourth-order valence-corrected chi connectivity index (χ4v) is 3.96. The van der Waals surface area contributed by atoms with Crippen LogP contribution in [-0.2, 0) is 4.79 Å². The molecule has 0 saturated heterocycles. The van der Waals surface area contributed by atoms with Crippen molar-refractivity contribution < 1.29 is 4.79 Å². The van der Waals surface area contributed by atoms with Gasteiger partial charge in [0.15, 0.2) is 0 Å². The molecule has 2 N–H and O–H groups in total. The van der Waals surface area contributed by atoms with Gasteiger partial charge in [0.2, 0.25) is 5.91 Å². The molecule has 0 heterocycles. The highest BCUT2D eigenvalue weighted by Gasteiger charge is 2.40. The van der Waals surface area contributed by atoms with Gasteiger partial charge in [-0.3, -0.25) is 4.79 Å². The van der Waals surface area contributed by atoms with Crippen LogP contribution >= 0.6 is 24.0 Å². The van der Waals surface area contributed by atoms with Crippen molar-refractivity contribution in [2.45, 2.75) is 63.6 Å². The Hall–Kier alpha value is -0.770. The second-order valence-electron chi connectivity index (χ2n) is 6.80. The summed E-state index contributed by atoms with van der Waals surface area (Å²) in [6.45, 7) is 2.10. The Morgan fingerprint density at radius 1 is 1.26 bits per heavy atom. The SMILES string of the molecule is CC(c1ccccc1Cl)N(C(=O)C1CCCC(N)C1)C1CC1.Cl. The monoisotopic (exact) mass is 356 g/mol. The van der Waals surface area contributed by atoms with Gasteiger partial charge in [-0.25, -0.2) is 0 Å². The number of benzene rings is 1. The Morgan fingerprint density at radius 3 is 2.57 bits per heavy atom. The third-order valence-corrected chi connectivity index (χ3v) is 5.38. The number of amides is 1. The van der Waals surface area contributed by atoms with E-state index in [1.165, 1.54) is 0 Å². The number of halogens is 2. The molecule has 2 aliphatic carbocycles. The van der Waals surface area contributed by atoms with Crippen molar-refractivity contribution in [1.82, 2.24) is 4.90 Å². The maximum absolute atomic E-state index is 13.1. The highest BCUT2D eigenvalue weighted by molar-refractivity contribution is 6.31.